The van der Waals surface area contributed by atoms with Crippen molar-refractivity contribution in [3.63, 3.8) is 0 Å². The van der Waals surface area contributed by atoms with E-state index in [4.69, 9.17) is 4.42 Å². The van der Waals surface area contributed by atoms with Crippen molar-refractivity contribution in [2.75, 3.05) is 18.8 Å². The summed E-state index contributed by atoms with van der Waals surface area (Å²) in [7, 11) is -3.13. The Labute approximate surface area is 142 Å². The first-order chi connectivity index (χ1) is 11.6. The number of nitrogens with one attached hydrogen (secondary N) is 1. The third-order valence-corrected chi connectivity index (χ3v) is 5.76. The van der Waals surface area contributed by atoms with E-state index in [0.717, 1.165) is 38.4 Å². The molecule has 132 valence electrons. The number of hydrogen-bond acceptors (Lipinski definition) is 5. The second kappa shape index (κ2) is 7.50. The lowest BCUT2D eigenvalue weighted by Gasteiger charge is -2.23. The molecule has 1 N–H and O–H groups in total. The maximum atomic E-state index is 11.6. The minimum atomic E-state index is -3.13. The van der Waals surface area contributed by atoms with Gasteiger partial charge in [-0.3, -0.25) is 9.58 Å². The normalized spacial score (nSPS) is 19.1. The van der Waals surface area contributed by atoms with Crippen LogP contribution in [-0.2, 0) is 29.7 Å². The summed E-state index contributed by atoms with van der Waals surface area (Å²) in [6, 6.07) is 5.91. The standard InChI is InChI=1S/C16H24N4O3S/c1-2-24(21,22)18-8-5-14-10-19(13-16-4-3-9-23-16)12-15-6-7-17-20(15)11-14/h3-4,6-7,9,14,18H,2,5,8,10-13H2,1H3. The Kier molecular flexibility index (Phi) is 5.37. The molecule has 24 heavy (non-hydrogen) atoms. The number of sulfonamides is 1. The van der Waals surface area contributed by atoms with Crippen LogP contribution in [0.4, 0.5) is 0 Å². The molecule has 0 fully saturated rings. The van der Waals surface area contributed by atoms with Gasteiger partial charge in [0.1, 0.15) is 5.76 Å². The fourth-order valence-electron chi connectivity index (χ4n) is 3.07. The van der Waals surface area contributed by atoms with Gasteiger partial charge in [0, 0.05) is 32.4 Å². The quantitative estimate of drug-likeness (QED) is 0.815. The van der Waals surface area contributed by atoms with Crippen molar-refractivity contribution in [1.82, 2.24) is 19.4 Å². The van der Waals surface area contributed by atoms with Gasteiger partial charge in [0.15, 0.2) is 0 Å². The van der Waals surface area contributed by atoms with E-state index in [1.54, 1.807) is 13.2 Å². The molecule has 2 aromatic rings. The van der Waals surface area contributed by atoms with Crippen molar-refractivity contribution < 1.29 is 12.8 Å². The number of furan rings is 1. The van der Waals surface area contributed by atoms with Gasteiger partial charge < -0.3 is 4.42 Å². The molecule has 7 nitrogen and oxygen atoms in total. The summed E-state index contributed by atoms with van der Waals surface area (Å²) in [5, 5.41) is 4.40. The van der Waals surface area contributed by atoms with Gasteiger partial charge >= 0.3 is 0 Å². The number of nitrogens with zero attached hydrogens (tertiary/aromatic N) is 3. The molecule has 0 spiro atoms. The molecule has 0 aliphatic carbocycles. The van der Waals surface area contributed by atoms with Gasteiger partial charge in [-0.25, -0.2) is 13.1 Å². The van der Waals surface area contributed by atoms with Gasteiger partial charge in [-0.15, -0.1) is 0 Å². The summed E-state index contributed by atoms with van der Waals surface area (Å²) < 4.78 is 33.3. The minimum Gasteiger partial charge on any atom is -0.468 e. The Hall–Kier alpha value is -1.64. The maximum absolute atomic E-state index is 11.6. The van der Waals surface area contributed by atoms with E-state index in [-0.39, 0.29) is 5.75 Å². The van der Waals surface area contributed by atoms with E-state index in [2.05, 4.69) is 14.7 Å². The molecule has 0 radical (unpaired) electrons. The van der Waals surface area contributed by atoms with Crippen molar-refractivity contribution in [2.24, 2.45) is 5.92 Å². The Morgan fingerprint density at radius 2 is 2.25 bits per heavy atom. The molecule has 0 aromatic carbocycles. The Morgan fingerprint density at radius 1 is 1.38 bits per heavy atom. The first-order valence-electron chi connectivity index (χ1n) is 8.28. The average molecular weight is 352 g/mol. The second-order valence-corrected chi connectivity index (χ2v) is 8.30. The van der Waals surface area contributed by atoms with Gasteiger partial charge in [-0.05, 0) is 37.5 Å². The molecule has 3 heterocycles. The lowest BCUT2D eigenvalue weighted by molar-refractivity contribution is 0.200. The molecule has 3 rings (SSSR count). The van der Waals surface area contributed by atoms with Crippen molar-refractivity contribution >= 4 is 10.0 Å². The summed E-state index contributed by atoms with van der Waals surface area (Å²) >= 11 is 0. The predicted molar refractivity (Wildman–Crippen MR) is 90.6 cm³/mol. The zero-order valence-corrected chi connectivity index (χ0v) is 14.7. The van der Waals surface area contributed by atoms with Crippen LogP contribution in [-0.4, -0.2) is 41.9 Å². The van der Waals surface area contributed by atoms with E-state index in [9.17, 15) is 8.42 Å². The molecule has 1 atom stereocenters. The van der Waals surface area contributed by atoms with Crippen molar-refractivity contribution in [1.29, 1.82) is 0 Å². The molecule has 0 saturated heterocycles. The molecular formula is C16H24N4O3S. The molecule has 0 saturated carbocycles. The minimum absolute atomic E-state index is 0.117. The third kappa shape index (κ3) is 4.46. The molecule has 0 amide bonds. The van der Waals surface area contributed by atoms with E-state index >= 15 is 0 Å². The van der Waals surface area contributed by atoms with Gasteiger partial charge in [0.05, 0.1) is 24.3 Å². The van der Waals surface area contributed by atoms with E-state index in [1.165, 1.54) is 5.69 Å². The zero-order valence-electron chi connectivity index (χ0n) is 13.9. The second-order valence-electron chi connectivity index (χ2n) is 6.21. The Balaban J connectivity index is 1.65. The van der Waals surface area contributed by atoms with Crippen LogP contribution >= 0.6 is 0 Å². The van der Waals surface area contributed by atoms with Gasteiger partial charge in [-0.2, -0.15) is 5.10 Å². The topological polar surface area (TPSA) is 80.4 Å². The highest BCUT2D eigenvalue weighted by molar-refractivity contribution is 7.89. The average Bonchev–Trinajstić information content (AvgIpc) is 3.17. The Bertz CT molecular complexity index is 739. The van der Waals surface area contributed by atoms with Crippen LogP contribution in [0.25, 0.3) is 0 Å². The third-order valence-electron chi connectivity index (χ3n) is 4.35. The van der Waals surface area contributed by atoms with Crippen molar-refractivity contribution in [2.45, 2.75) is 33.0 Å². The number of aromatic nitrogens is 2. The van der Waals surface area contributed by atoms with E-state index in [1.807, 2.05) is 29.1 Å². The molecule has 8 heteroatoms. The molecule has 1 unspecified atom stereocenters. The smallest absolute Gasteiger partial charge is 0.211 e. The highest BCUT2D eigenvalue weighted by Crippen LogP contribution is 2.20. The van der Waals surface area contributed by atoms with Crippen LogP contribution in [0.3, 0.4) is 0 Å². The van der Waals surface area contributed by atoms with Gasteiger partial charge in [-0.1, -0.05) is 0 Å². The van der Waals surface area contributed by atoms with E-state index in [0.29, 0.717) is 12.5 Å². The fraction of sp³-hybridized carbons (Fsp3) is 0.562. The van der Waals surface area contributed by atoms with Crippen LogP contribution in [0.1, 0.15) is 24.8 Å². The number of hydrogen-bond donors (Lipinski definition) is 1. The Morgan fingerprint density at radius 3 is 3.00 bits per heavy atom. The summed E-state index contributed by atoms with van der Waals surface area (Å²) in [5.74, 6) is 1.39. The molecular weight excluding hydrogens is 328 g/mol. The van der Waals surface area contributed by atoms with Crippen LogP contribution in [0.5, 0.6) is 0 Å². The lowest BCUT2D eigenvalue weighted by Crippen LogP contribution is -2.32. The van der Waals surface area contributed by atoms with Crippen molar-refractivity contribution in [3.8, 4) is 0 Å². The summed E-state index contributed by atoms with van der Waals surface area (Å²) in [6.07, 6.45) is 4.30. The predicted octanol–water partition coefficient (Wildman–Crippen LogP) is 1.44. The monoisotopic (exact) mass is 352 g/mol. The molecule has 2 aromatic heterocycles. The fourth-order valence-corrected chi connectivity index (χ4v) is 3.70. The highest BCUT2D eigenvalue weighted by atomic mass is 32.2. The van der Waals surface area contributed by atoms with Crippen LogP contribution in [0.15, 0.2) is 35.1 Å². The first kappa shape index (κ1) is 17.2. The first-order valence-corrected chi connectivity index (χ1v) is 9.93. The SMILES string of the molecule is CCS(=O)(=O)NCCC1CN(Cc2ccco2)Cc2ccnn2C1. The molecule has 0 bridgehead atoms. The van der Waals surface area contributed by atoms with Gasteiger partial charge in [0.2, 0.25) is 10.0 Å². The van der Waals surface area contributed by atoms with Gasteiger partial charge in [0.25, 0.3) is 0 Å². The van der Waals surface area contributed by atoms with Crippen LogP contribution < -0.4 is 4.72 Å². The molecule has 1 aliphatic rings. The van der Waals surface area contributed by atoms with Crippen LogP contribution in [0.2, 0.25) is 0 Å². The molecule has 1 aliphatic heterocycles. The lowest BCUT2D eigenvalue weighted by atomic mass is 10.1. The van der Waals surface area contributed by atoms with E-state index < -0.39 is 10.0 Å². The largest absolute Gasteiger partial charge is 0.468 e. The van der Waals surface area contributed by atoms with Crippen LogP contribution in [0, 0.1) is 5.92 Å². The van der Waals surface area contributed by atoms with Crippen molar-refractivity contribution in [3.05, 3.63) is 42.1 Å². The number of rotatable bonds is 7. The number of fused-ring (bicyclic) bond motifs is 1. The highest BCUT2D eigenvalue weighted by Gasteiger charge is 2.23. The summed E-state index contributed by atoms with van der Waals surface area (Å²) in [6.45, 7) is 5.37. The maximum Gasteiger partial charge on any atom is 0.211 e. The summed E-state index contributed by atoms with van der Waals surface area (Å²) in [4.78, 5) is 2.33. The zero-order chi connectivity index (χ0) is 17.0. The summed E-state index contributed by atoms with van der Waals surface area (Å²) in [5.41, 5.74) is 1.18.